The maximum Gasteiger partial charge on any atom is 0.251 e. The van der Waals surface area contributed by atoms with Gasteiger partial charge in [-0.1, -0.05) is 18.6 Å². The molecule has 1 aliphatic heterocycles. The van der Waals surface area contributed by atoms with Gasteiger partial charge in [0.2, 0.25) is 0 Å². The van der Waals surface area contributed by atoms with Gasteiger partial charge in [0.1, 0.15) is 5.75 Å². The second-order valence-electron chi connectivity index (χ2n) is 8.12. The molecule has 0 radical (unpaired) electrons. The van der Waals surface area contributed by atoms with Crippen molar-refractivity contribution >= 4 is 5.91 Å². The molecular formula is C24H32N2O2. The van der Waals surface area contributed by atoms with Crippen LogP contribution in [-0.2, 0) is 6.54 Å². The van der Waals surface area contributed by atoms with Gasteiger partial charge in [-0.3, -0.25) is 9.69 Å². The highest BCUT2D eigenvalue weighted by atomic mass is 16.3. The maximum absolute atomic E-state index is 12.6. The van der Waals surface area contributed by atoms with E-state index in [4.69, 9.17) is 0 Å². The molecule has 4 heteroatoms. The van der Waals surface area contributed by atoms with Crippen molar-refractivity contribution in [2.45, 2.75) is 59.5 Å². The van der Waals surface area contributed by atoms with Crippen LogP contribution in [0.2, 0.25) is 0 Å². The average Bonchev–Trinajstić information content (AvgIpc) is 2.69. The van der Waals surface area contributed by atoms with E-state index < -0.39 is 0 Å². The van der Waals surface area contributed by atoms with Crippen LogP contribution in [0.25, 0.3) is 0 Å². The van der Waals surface area contributed by atoms with Crippen molar-refractivity contribution in [1.82, 2.24) is 10.2 Å². The molecule has 2 aromatic rings. The summed E-state index contributed by atoms with van der Waals surface area (Å²) in [7, 11) is 0. The van der Waals surface area contributed by atoms with Gasteiger partial charge in [-0.05, 0) is 93.1 Å². The summed E-state index contributed by atoms with van der Waals surface area (Å²) < 4.78 is 0. The van der Waals surface area contributed by atoms with Crippen LogP contribution >= 0.6 is 0 Å². The smallest absolute Gasteiger partial charge is 0.251 e. The number of nitrogens with zero attached hydrogens (tertiary/aromatic N) is 1. The van der Waals surface area contributed by atoms with Crippen LogP contribution in [0.3, 0.4) is 0 Å². The Balaban J connectivity index is 1.65. The van der Waals surface area contributed by atoms with E-state index in [-0.39, 0.29) is 5.91 Å². The normalized spacial score (nSPS) is 17.5. The molecule has 0 saturated carbocycles. The summed E-state index contributed by atoms with van der Waals surface area (Å²) in [5.41, 5.74) is 6.44. The van der Waals surface area contributed by atoms with Crippen molar-refractivity contribution in [2.24, 2.45) is 0 Å². The van der Waals surface area contributed by atoms with Crippen LogP contribution in [0.5, 0.6) is 5.75 Å². The number of carbonyl (C=O) groups excluding carboxylic acids is 1. The van der Waals surface area contributed by atoms with Crippen LogP contribution in [0.15, 0.2) is 30.3 Å². The first-order valence-corrected chi connectivity index (χ1v) is 10.2. The molecule has 1 fully saturated rings. The standard InChI is InChI=1S/C24H32N2O2/c1-16-8-9-20(13-17(16)2)24(28)25-14-22-7-5-6-12-26(22)15-21-10-11-23(27)19(4)18(21)3/h8-11,13,22,27H,5-7,12,14-15H2,1-4H3,(H,25,28). The highest BCUT2D eigenvalue weighted by Gasteiger charge is 2.24. The lowest BCUT2D eigenvalue weighted by Crippen LogP contribution is -2.46. The number of hydrogen-bond acceptors (Lipinski definition) is 3. The molecule has 3 rings (SSSR count). The zero-order valence-electron chi connectivity index (χ0n) is 17.5. The van der Waals surface area contributed by atoms with E-state index in [1.807, 2.05) is 38.1 Å². The monoisotopic (exact) mass is 380 g/mol. The molecule has 1 atom stereocenters. The number of piperidine rings is 1. The minimum Gasteiger partial charge on any atom is -0.508 e. The Morgan fingerprint density at radius 2 is 1.86 bits per heavy atom. The number of nitrogens with one attached hydrogen (secondary N) is 1. The minimum absolute atomic E-state index is 0.00489. The summed E-state index contributed by atoms with van der Waals surface area (Å²) >= 11 is 0. The van der Waals surface area contributed by atoms with Crippen molar-refractivity contribution < 1.29 is 9.90 Å². The van der Waals surface area contributed by atoms with Gasteiger partial charge in [0.15, 0.2) is 0 Å². The number of phenolic OH excluding ortho intramolecular Hbond substituents is 1. The van der Waals surface area contributed by atoms with Gasteiger partial charge >= 0.3 is 0 Å². The zero-order chi connectivity index (χ0) is 20.3. The van der Waals surface area contributed by atoms with Crippen molar-refractivity contribution in [1.29, 1.82) is 0 Å². The topological polar surface area (TPSA) is 52.6 Å². The number of rotatable bonds is 5. The summed E-state index contributed by atoms with van der Waals surface area (Å²) in [6.45, 7) is 10.7. The molecule has 1 amide bonds. The molecule has 1 aliphatic rings. The Morgan fingerprint density at radius 3 is 2.61 bits per heavy atom. The van der Waals surface area contributed by atoms with Gasteiger partial charge in [0.05, 0.1) is 0 Å². The van der Waals surface area contributed by atoms with E-state index in [2.05, 4.69) is 24.1 Å². The third kappa shape index (κ3) is 4.56. The summed E-state index contributed by atoms with van der Waals surface area (Å²) in [6, 6.07) is 10.0. The molecule has 2 N–H and O–H groups in total. The highest BCUT2D eigenvalue weighted by molar-refractivity contribution is 5.94. The third-order valence-corrected chi connectivity index (χ3v) is 6.26. The largest absolute Gasteiger partial charge is 0.508 e. The number of aryl methyl sites for hydroxylation is 2. The number of benzene rings is 2. The fourth-order valence-corrected chi connectivity index (χ4v) is 3.95. The van der Waals surface area contributed by atoms with Crippen molar-refractivity contribution in [3.8, 4) is 5.75 Å². The fraction of sp³-hybridized carbons (Fsp3) is 0.458. The van der Waals surface area contributed by atoms with E-state index in [0.717, 1.165) is 41.8 Å². The lowest BCUT2D eigenvalue weighted by Gasteiger charge is -2.36. The van der Waals surface area contributed by atoms with Gasteiger partial charge in [0.25, 0.3) is 5.91 Å². The lowest BCUT2D eigenvalue weighted by molar-refractivity contribution is 0.0907. The lowest BCUT2D eigenvalue weighted by atomic mass is 9.98. The predicted octanol–water partition coefficient (Wildman–Crippen LogP) is 4.41. The van der Waals surface area contributed by atoms with E-state index in [1.165, 1.54) is 24.0 Å². The van der Waals surface area contributed by atoms with Crippen LogP contribution < -0.4 is 5.32 Å². The van der Waals surface area contributed by atoms with E-state index in [1.54, 1.807) is 6.07 Å². The van der Waals surface area contributed by atoms with Crippen molar-refractivity contribution in [3.05, 3.63) is 63.7 Å². The van der Waals surface area contributed by atoms with Crippen LogP contribution in [0.4, 0.5) is 0 Å². The third-order valence-electron chi connectivity index (χ3n) is 6.26. The Labute approximate surface area is 168 Å². The number of likely N-dealkylation sites (tertiary alicyclic amines) is 1. The predicted molar refractivity (Wildman–Crippen MR) is 114 cm³/mol. The molecule has 1 saturated heterocycles. The number of aromatic hydroxyl groups is 1. The molecule has 28 heavy (non-hydrogen) atoms. The van der Waals surface area contributed by atoms with Gasteiger partial charge in [-0.2, -0.15) is 0 Å². The zero-order valence-corrected chi connectivity index (χ0v) is 17.5. The highest BCUT2D eigenvalue weighted by Crippen LogP contribution is 2.26. The Morgan fingerprint density at radius 1 is 1.07 bits per heavy atom. The fourth-order valence-electron chi connectivity index (χ4n) is 3.95. The van der Waals surface area contributed by atoms with E-state index >= 15 is 0 Å². The summed E-state index contributed by atoms with van der Waals surface area (Å²) in [5.74, 6) is 0.363. The van der Waals surface area contributed by atoms with Gasteiger partial charge in [0, 0.05) is 24.7 Å². The molecule has 1 heterocycles. The summed E-state index contributed by atoms with van der Waals surface area (Å²) in [6.07, 6.45) is 3.50. The molecule has 0 aromatic heterocycles. The number of amides is 1. The first kappa shape index (κ1) is 20.4. The summed E-state index contributed by atoms with van der Waals surface area (Å²) in [5, 5.41) is 13.1. The van der Waals surface area contributed by atoms with Gasteiger partial charge in [-0.25, -0.2) is 0 Å². The Hall–Kier alpha value is -2.33. The number of carbonyl (C=O) groups is 1. The van der Waals surface area contributed by atoms with Crippen LogP contribution in [0.1, 0.15) is 57.4 Å². The molecule has 1 unspecified atom stereocenters. The van der Waals surface area contributed by atoms with Crippen molar-refractivity contribution in [2.75, 3.05) is 13.1 Å². The SMILES string of the molecule is Cc1ccc(C(=O)NCC2CCCCN2Cc2ccc(O)c(C)c2C)cc1C. The molecular weight excluding hydrogens is 348 g/mol. The minimum atomic E-state index is 0.00489. The molecule has 2 aromatic carbocycles. The van der Waals surface area contributed by atoms with Crippen LogP contribution in [0, 0.1) is 27.7 Å². The molecule has 0 bridgehead atoms. The van der Waals surface area contributed by atoms with Crippen LogP contribution in [-0.4, -0.2) is 35.0 Å². The maximum atomic E-state index is 12.6. The van der Waals surface area contributed by atoms with Gasteiger partial charge in [-0.15, -0.1) is 0 Å². The van der Waals surface area contributed by atoms with Crippen molar-refractivity contribution in [3.63, 3.8) is 0 Å². The number of phenols is 1. The average molecular weight is 381 g/mol. The number of hydrogen-bond donors (Lipinski definition) is 2. The van der Waals surface area contributed by atoms with Gasteiger partial charge < -0.3 is 10.4 Å². The summed E-state index contributed by atoms with van der Waals surface area (Å²) in [4.78, 5) is 15.1. The molecule has 0 aliphatic carbocycles. The molecule has 0 spiro atoms. The quantitative estimate of drug-likeness (QED) is 0.808. The Kier molecular flexibility index (Phi) is 6.40. The van der Waals surface area contributed by atoms with E-state index in [0.29, 0.717) is 18.3 Å². The first-order valence-electron chi connectivity index (χ1n) is 10.2. The molecule has 150 valence electrons. The second kappa shape index (κ2) is 8.78. The Bertz CT molecular complexity index is 860. The van der Waals surface area contributed by atoms with E-state index in [9.17, 15) is 9.90 Å². The molecule has 4 nitrogen and oxygen atoms in total. The first-order chi connectivity index (χ1) is 13.4. The second-order valence-corrected chi connectivity index (χ2v) is 8.12.